The second-order valence-electron chi connectivity index (χ2n) is 12.3. The summed E-state index contributed by atoms with van der Waals surface area (Å²) in [5, 5.41) is 5.68. The number of methoxy groups -OCH3 is 2. The second kappa shape index (κ2) is 15.0. The molecule has 0 aliphatic carbocycles. The zero-order chi connectivity index (χ0) is 36.2. The smallest absolute Gasteiger partial charge is 0.259 e. The molecular formula is C39H38F2N8O3. The molecule has 4 heterocycles. The summed E-state index contributed by atoms with van der Waals surface area (Å²) >= 11 is 0. The number of nitrogens with zero attached hydrogens (tertiary/aromatic N) is 6. The number of imidazole rings is 1. The van der Waals surface area contributed by atoms with Gasteiger partial charge < -0.3 is 25.0 Å². The molecule has 1 aliphatic heterocycles. The number of aromatic nitrogens is 4. The van der Waals surface area contributed by atoms with E-state index in [0.717, 1.165) is 57.0 Å². The average molecular weight is 705 g/mol. The number of hydrogen-bond donors (Lipinski definition) is 2. The van der Waals surface area contributed by atoms with Crippen LogP contribution in [0.5, 0.6) is 11.5 Å². The lowest BCUT2D eigenvalue weighted by atomic mass is 10.0. The Balaban J connectivity index is 1.21. The fraction of sp³-hybridized carbons (Fsp3) is 0.231. The Hall–Kier alpha value is -6.08. The van der Waals surface area contributed by atoms with Gasteiger partial charge >= 0.3 is 0 Å². The van der Waals surface area contributed by atoms with E-state index in [1.807, 2.05) is 40.9 Å². The molecular weight excluding hydrogens is 666 g/mol. The van der Waals surface area contributed by atoms with Gasteiger partial charge in [0.25, 0.3) is 5.91 Å². The molecule has 0 bridgehead atoms. The minimum atomic E-state index is -0.895. The number of pyridine rings is 1. The number of hydrogen-bond acceptors (Lipinski definition) is 9. The SMILES string of the molecule is CCCN1CCN(c2ccc(Nc3nccc(-c4c(-c5ccc(OC)c(C(=O)Nc6c(F)cccc6F)c5)nc5ccccn45)n3)c(OC)c2)CC1. The number of halogens is 2. The van der Waals surface area contributed by atoms with E-state index in [0.29, 0.717) is 45.7 Å². The maximum atomic E-state index is 14.4. The van der Waals surface area contributed by atoms with Crippen LogP contribution in [0.4, 0.5) is 31.8 Å². The van der Waals surface area contributed by atoms with Gasteiger partial charge in [-0.15, -0.1) is 0 Å². The van der Waals surface area contributed by atoms with Crippen molar-refractivity contribution in [2.75, 3.05) is 62.5 Å². The fourth-order valence-electron chi connectivity index (χ4n) is 6.47. The highest BCUT2D eigenvalue weighted by Crippen LogP contribution is 2.36. The van der Waals surface area contributed by atoms with Crippen molar-refractivity contribution in [3.63, 3.8) is 0 Å². The molecule has 0 atom stereocenters. The van der Waals surface area contributed by atoms with E-state index in [-0.39, 0.29) is 11.3 Å². The van der Waals surface area contributed by atoms with Crippen molar-refractivity contribution in [2.45, 2.75) is 13.3 Å². The normalized spacial score (nSPS) is 13.3. The van der Waals surface area contributed by atoms with Crippen LogP contribution in [0.15, 0.2) is 91.3 Å². The van der Waals surface area contributed by atoms with Gasteiger partial charge in [-0.1, -0.05) is 19.1 Å². The summed E-state index contributed by atoms with van der Waals surface area (Å²) in [6.07, 6.45) is 4.68. The molecule has 0 saturated carbocycles. The van der Waals surface area contributed by atoms with E-state index in [4.69, 9.17) is 19.4 Å². The summed E-state index contributed by atoms with van der Waals surface area (Å²) in [4.78, 5) is 32.6. The zero-order valence-corrected chi connectivity index (χ0v) is 29.1. The third kappa shape index (κ3) is 6.95. The van der Waals surface area contributed by atoms with Crippen molar-refractivity contribution in [1.29, 1.82) is 0 Å². The van der Waals surface area contributed by atoms with Crippen molar-refractivity contribution in [3.8, 4) is 34.1 Å². The number of para-hydroxylation sites is 1. The lowest BCUT2D eigenvalue weighted by molar-refractivity contribution is 0.102. The molecule has 2 N–H and O–H groups in total. The number of anilines is 4. The molecule has 3 aromatic carbocycles. The van der Waals surface area contributed by atoms with Gasteiger partial charge in [0.2, 0.25) is 5.95 Å². The molecule has 1 fully saturated rings. The van der Waals surface area contributed by atoms with Crippen LogP contribution >= 0.6 is 0 Å². The first kappa shape index (κ1) is 34.4. The van der Waals surface area contributed by atoms with Gasteiger partial charge in [0, 0.05) is 55.9 Å². The molecule has 0 unspecified atom stereocenters. The van der Waals surface area contributed by atoms with Crippen LogP contribution in [0.1, 0.15) is 23.7 Å². The van der Waals surface area contributed by atoms with Crippen LogP contribution in [0.25, 0.3) is 28.3 Å². The van der Waals surface area contributed by atoms with E-state index < -0.39 is 23.2 Å². The van der Waals surface area contributed by atoms with Crippen molar-refractivity contribution >= 4 is 34.6 Å². The third-order valence-electron chi connectivity index (χ3n) is 9.06. The Morgan fingerprint density at radius 3 is 2.40 bits per heavy atom. The quantitative estimate of drug-likeness (QED) is 0.144. The van der Waals surface area contributed by atoms with Crippen LogP contribution in [-0.4, -0.2) is 77.1 Å². The predicted molar refractivity (Wildman–Crippen MR) is 198 cm³/mol. The Labute approximate surface area is 299 Å². The monoisotopic (exact) mass is 704 g/mol. The van der Waals surface area contributed by atoms with Crippen molar-refractivity contribution in [3.05, 3.63) is 108 Å². The first-order valence-electron chi connectivity index (χ1n) is 17.0. The van der Waals surface area contributed by atoms with Gasteiger partial charge in [-0.05, 0) is 73.6 Å². The number of ether oxygens (including phenoxy) is 2. The number of nitrogens with one attached hydrogen (secondary N) is 2. The first-order valence-corrected chi connectivity index (χ1v) is 17.0. The Morgan fingerprint density at radius 2 is 1.65 bits per heavy atom. The van der Waals surface area contributed by atoms with Gasteiger partial charge in [-0.25, -0.2) is 23.7 Å². The van der Waals surface area contributed by atoms with Crippen LogP contribution in [-0.2, 0) is 0 Å². The molecule has 3 aromatic heterocycles. The minimum absolute atomic E-state index is 0.0640. The second-order valence-corrected chi connectivity index (χ2v) is 12.3. The summed E-state index contributed by atoms with van der Waals surface area (Å²) in [7, 11) is 3.06. The number of amides is 1. The maximum absolute atomic E-state index is 14.4. The highest BCUT2D eigenvalue weighted by molar-refractivity contribution is 6.07. The zero-order valence-electron chi connectivity index (χ0n) is 29.1. The maximum Gasteiger partial charge on any atom is 0.259 e. The van der Waals surface area contributed by atoms with E-state index >= 15 is 0 Å². The summed E-state index contributed by atoms with van der Waals surface area (Å²) in [5.74, 6) is -1.31. The minimum Gasteiger partial charge on any atom is -0.496 e. The van der Waals surface area contributed by atoms with Crippen LogP contribution < -0.4 is 25.0 Å². The highest BCUT2D eigenvalue weighted by atomic mass is 19.1. The van der Waals surface area contributed by atoms with Crippen LogP contribution in [0.3, 0.4) is 0 Å². The van der Waals surface area contributed by atoms with Gasteiger partial charge in [-0.2, -0.15) is 0 Å². The Kier molecular flexibility index (Phi) is 9.94. The topological polar surface area (TPSA) is 109 Å². The van der Waals surface area contributed by atoms with Gasteiger partial charge in [0.05, 0.1) is 42.6 Å². The number of rotatable bonds is 11. The summed E-state index contributed by atoms with van der Waals surface area (Å²) in [5.41, 5.74) is 4.23. The van der Waals surface area contributed by atoms with Gasteiger partial charge in [-0.3, -0.25) is 14.1 Å². The van der Waals surface area contributed by atoms with E-state index in [2.05, 4.69) is 38.4 Å². The van der Waals surface area contributed by atoms with Gasteiger partial charge in [0.15, 0.2) is 0 Å². The molecule has 52 heavy (non-hydrogen) atoms. The first-order chi connectivity index (χ1) is 25.4. The van der Waals surface area contributed by atoms with Gasteiger partial charge in [0.1, 0.15) is 34.5 Å². The summed E-state index contributed by atoms with van der Waals surface area (Å²) < 4.78 is 42.0. The fourth-order valence-corrected chi connectivity index (χ4v) is 6.47. The number of carbonyl (C=O) groups excluding carboxylic acids is 1. The van der Waals surface area contributed by atoms with Crippen molar-refractivity contribution in [1.82, 2.24) is 24.3 Å². The molecule has 11 nitrogen and oxygen atoms in total. The number of benzene rings is 3. The lowest BCUT2D eigenvalue weighted by Gasteiger charge is -2.36. The molecule has 1 amide bonds. The predicted octanol–water partition coefficient (Wildman–Crippen LogP) is 7.28. The van der Waals surface area contributed by atoms with Crippen LogP contribution in [0.2, 0.25) is 0 Å². The molecule has 1 saturated heterocycles. The largest absolute Gasteiger partial charge is 0.496 e. The highest BCUT2D eigenvalue weighted by Gasteiger charge is 2.23. The molecule has 1 aliphatic rings. The lowest BCUT2D eigenvalue weighted by Crippen LogP contribution is -2.46. The Morgan fingerprint density at radius 1 is 0.865 bits per heavy atom. The summed E-state index contributed by atoms with van der Waals surface area (Å²) in [6.45, 7) is 7.29. The van der Waals surface area contributed by atoms with Crippen molar-refractivity contribution < 1.29 is 23.0 Å². The average Bonchev–Trinajstić information content (AvgIpc) is 3.56. The number of carbonyl (C=O) groups is 1. The van der Waals surface area contributed by atoms with Crippen LogP contribution in [0, 0.1) is 11.6 Å². The molecule has 13 heteroatoms. The molecule has 266 valence electrons. The number of piperazine rings is 1. The molecule has 0 radical (unpaired) electrons. The van der Waals surface area contributed by atoms with E-state index in [1.165, 1.54) is 13.2 Å². The molecule has 6 aromatic rings. The van der Waals surface area contributed by atoms with Crippen molar-refractivity contribution in [2.24, 2.45) is 0 Å². The Bertz CT molecular complexity index is 2220. The van der Waals surface area contributed by atoms with E-state index in [1.54, 1.807) is 37.6 Å². The number of fused-ring (bicyclic) bond motifs is 1. The third-order valence-corrected chi connectivity index (χ3v) is 9.06. The van der Waals surface area contributed by atoms with E-state index in [9.17, 15) is 13.6 Å². The standard InChI is InChI=1S/C39H38F2N8O3/c1-4-17-47-19-21-48(22-20-47)26-12-13-30(33(24-26)52-3)43-39-42-16-15-31(44-39)37-35(45-34-10-5-6-18-49(34)37)25-11-14-32(51-2)27(23-25)38(50)46-36-28(40)8-7-9-29(36)41/h5-16,18,23-24H,4,17,19-22H2,1-3H3,(H,46,50)(H,42,43,44). The molecule has 7 rings (SSSR count). The molecule has 0 spiro atoms. The summed E-state index contributed by atoms with van der Waals surface area (Å²) in [6, 6.07) is 21.8.